The Morgan fingerprint density at radius 1 is 1.12 bits per heavy atom. The van der Waals surface area contributed by atoms with Gasteiger partial charge in [0.25, 0.3) is 0 Å². The van der Waals surface area contributed by atoms with Crippen molar-refractivity contribution in [2.24, 2.45) is 4.99 Å². The molecule has 140 valence electrons. The van der Waals surface area contributed by atoms with Crippen LogP contribution >= 0.6 is 0 Å². The average Bonchev–Trinajstić information content (AvgIpc) is 3.09. The molecule has 1 N–H and O–H groups in total. The summed E-state index contributed by atoms with van der Waals surface area (Å²) in [5.41, 5.74) is 0. The van der Waals surface area contributed by atoms with Gasteiger partial charge in [-0.2, -0.15) is 0 Å². The summed E-state index contributed by atoms with van der Waals surface area (Å²) in [6.45, 7) is 10.5. The lowest BCUT2D eigenvalue weighted by Crippen LogP contribution is -2.46. The molecule has 0 radical (unpaired) electrons. The molecule has 0 bridgehead atoms. The van der Waals surface area contributed by atoms with Gasteiger partial charge in [0.15, 0.2) is 5.96 Å². The quantitative estimate of drug-likeness (QED) is 0.512. The first kappa shape index (κ1) is 20.7. The van der Waals surface area contributed by atoms with Crippen LogP contribution < -0.4 is 5.32 Å². The van der Waals surface area contributed by atoms with Crippen molar-refractivity contribution in [3.63, 3.8) is 0 Å². The minimum Gasteiger partial charge on any atom is -0.357 e. The summed E-state index contributed by atoms with van der Waals surface area (Å²) >= 11 is 0. The summed E-state index contributed by atoms with van der Waals surface area (Å²) in [7, 11) is 4.13. The standard InChI is InChI=1S/C18H37N5O/c1-6-19-18(22(5)15-17(24)23(7-2)8-3)20-13-14-21(4)16-11-9-10-12-16/h16H,6-15H2,1-5H3,(H,19,20). The Balaban J connectivity index is 2.52. The number of likely N-dealkylation sites (N-methyl/N-ethyl adjacent to an activating group) is 3. The first-order chi connectivity index (χ1) is 11.5. The Morgan fingerprint density at radius 3 is 2.29 bits per heavy atom. The highest BCUT2D eigenvalue weighted by Gasteiger charge is 2.19. The molecule has 0 aliphatic heterocycles. The molecule has 1 aliphatic rings. The summed E-state index contributed by atoms with van der Waals surface area (Å²) in [4.78, 5) is 23.2. The second-order valence-corrected chi connectivity index (χ2v) is 6.58. The zero-order valence-corrected chi connectivity index (χ0v) is 16.3. The van der Waals surface area contributed by atoms with Gasteiger partial charge in [0.05, 0.1) is 13.1 Å². The van der Waals surface area contributed by atoms with Crippen molar-refractivity contribution in [3.05, 3.63) is 0 Å². The predicted molar refractivity (Wildman–Crippen MR) is 101 cm³/mol. The highest BCUT2D eigenvalue weighted by atomic mass is 16.2. The molecule has 24 heavy (non-hydrogen) atoms. The van der Waals surface area contributed by atoms with E-state index in [4.69, 9.17) is 4.99 Å². The van der Waals surface area contributed by atoms with Crippen LogP contribution in [0.25, 0.3) is 0 Å². The van der Waals surface area contributed by atoms with Gasteiger partial charge in [-0.3, -0.25) is 9.79 Å². The highest BCUT2D eigenvalue weighted by molar-refractivity contribution is 5.86. The molecule has 0 aromatic heterocycles. The maximum absolute atomic E-state index is 12.3. The summed E-state index contributed by atoms with van der Waals surface area (Å²) in [6, 6.07) is 0.727. The number of carbonyl (C=O) groups excluding carboxylic acids is 1. The number of carbonyl (C=O) groups is 1. The van der Waals surface area contributed by atoms with Crippen LogP contribution in [0, 0.1) is 0 Å². The van der Waals surface area contributed by atoms with Gasteiger partial charge >= 0.3 is 0 Å². The van der Waals surface area contributed by atoms with Crippen LogP contribution in [0.2, 0.25) is 0 Å². The lowest BCUT2D eigenvalue weighted by Gasteiger charge is -2.26. The Hall–Kier alpha value is -1.30. The van der Waals surface area contributed by atoms with Crippen molar-refractivity contribution < 1.29 is 4.79 Å². The minimum atomic E-state index is 0.149. The Kier molecular flexibility index (Phi) is 9.76. The van der Waals surface area contributed by atoms with Gasteiger partial charge in [-0.1, -0.05) is 12.8 Å². The molecule has 6 nitrogen and oxygen atoms in total. The fourth-order valence-corrected chi connectivity index (χ4v) is 3.27. The maximum Gasteiger partial charge on any atom is 0.242 e. The fraction of sp³-hybridized carbons (Fsp3) is 0.889. The van der Waals surface area contributed by atoms with Crippen LogP contribution in [0.5, 0.6) is 0 Å². The summed E-state index contributed by atoms with van der Waals surface area (Å²) in [5, 5.41) is 3.29. The molecule has 1 rings (SSSR count). The number of nitrogens with zero attached hydrogens (tertiary/aromatic N) is 4. The molecule has 6 heteroatoms. The van der Waals surface area contributed by atoms with Crippen molar-refractivity contribution in [3.8, 4) is 0 Å². The van der Waals surface area contributed by atoms with E-state index >= 15 is 0 Å². The molecule has 0 heterocycles. The molecule has 0 unspecified atom stereocenters. The smallest absolute Gasteiger partial charge is 0.242 e. The van der Waals surface area contributed by atoms with Crippen molar-refractivity contribution in [1.82, 2.24) is 20.0 Å². The minimum absolute atomic E-state index is 0.149. The van der Waals surface area contributed by atoms with E-state index in [1.54, 1.807) is 0 Å². The van der Waals surface area contributed by atoms with Crippen LogP contribution in [0.15, 0.2) is 4.99 Å². The molecule has 0 atom stereocenters. The van der Waals surface area contributed by atoms with Gasteiger partial charge in [-0.05, 0) is 40.7 Å². The van der Waals surface area contributed by atoms with E-state index in [1.807, 2.05) is 30.7 Å². The SMILES string of the molecule is CCNC(=NCCN(C)C1CCCC1)N(C)CC(=O)N(CC)CC. The Labute approximate surface area is 148 Å². The summed E-state index contributed by atoms with van der Waals surface area (Å²) in [6.07, 6.45) is 5.35. The number of hydrogen-bond acceptors (Lipinski definition) is 3. The largest absolute Gasteiger partial charge is 0.357 e. The van der Waals surface area contributed by atoms with Gasteiger partial charge in [0, 0.05) is 39.3 Å². The van der Waals surface area contributed by atoms with E-state index in [1.165, 1.54) is 25.7 Å². The zero-order chi connectivity index (χ0) is 17.9. The number of guanidine groups is 1. The van der Waals surface area contributed by atoms with Crippen LogP contribution in [0.4, 0.5) is 0 Å². The van der Waals surface area contributed by atoms with E-state index < -0.39 is 0 Å². The molecule has 0 saturated heterocycles. The van der Waals surface area contributed by atoms with E-state index in [-0.39, 0.29) is 5.91 Å². The van der Waals surface area contributed by atoms with Crippen LogP contribution in [0.3, 0.4) is 0 Å². The van der Waals surface area contributed by atoms with Gasteiger partial charge in [0.1, 0.15) is 0 Å². The first-order valence-corrected chi connectivity index (χ1v) is 9.50. The van der Waals surface area contributed by atoms with Crippen LogP contribution in [0.1, 0.15) is 46.5 Å². The third-order valence-electron chi connectivity index (χ3n) is 4.85. The molecule has 0 aromatic carbocycles. The Morgan fingerprint density at radius 2 is 1.75 bits per heavy atom. The lowest BCUT2D eigenvalue weighted by atomic mass is 10.2. The fourth-order valence-electron chi connectivity index (χ4n) is 3.27. The Bertz CT molecular complexity index is 389. The van der Waals surface area contributed by atoms with Gasteiger partial charge in [-0.15, -0.1) is 0 Å². The number of nitrogens with one attached hydrogen (secondary N) is 1. The molecule has 1 saturated carbocycles. The molecular formula is C18H37N5O. The summed E-state index contributed by atoms with van der Waals surface area (Å²) < 4.78 is 0. The molecule has 0 aromatic rings. The number of rotatable bonds is 9. The zero-order valence-electron chi connectivity index (χ0n) is 16.3. The third-order valence-corrected chi connectivity index (χ3v) is 4.85. The van der Waals surface area contributed by atoms with E-state index in [0.717, 1.165) is 44.7 Å². The second-order valence-electron chi connectivity index (χ2n) is 6.58. The van der Waals surface area contributed by atoms with E-state index in [0.29, 0.717) is 6.54 Å². The average molecular weight is 340 g/mol. The van der Waals surface area contributed by atoms with Crippen molar-refractivity contribution in [2.45, 2.75) is 52.5 Å². The van der Waals surface area contributed by atoms with Crippen LogP contribution in [-0.4, -0.2) is 86.0 Å². The first-order valence-electron chi connectivity index (χ1n) is 9.50. The second kappa shape index (κ2) is 11.3. The summed E-state index contributed by atoms with van der Waals surface area (Å²) in [5.74, 6) is 0.967. The number of hydrogen-bond donors (Lipinski definition) is 1. The van der Waals surface area contributed by atoms with Crippen molar-refractivity contribution in [2.75, 3.05) is 53.4 Å². The third kappa shape index (κ3) is 6.67. The van der Waals surface area contributed by atoms with E-state index in [2.05, 4.69) is 24.2 Å². The van der Waals surface area contributed by atoms with Gasteiger partial charge in [0.2, 0.25) is 5.91 Å². The monoisotopic (exact) mass is 339 g/mol. The molecular weight excluding hydrogens is 302 g/mol. The lowest BCUT2D eigenvalue weighted by molar-refractivity contribution is -0.131. The van der Waals surface area contributed by atoms with Crippen molar-refractivity contribution in [1.29, 1.82) is 0 Å². The van der Waals surface area contributed by atoms with Crippen molar-refractivity contribution >= 4 is 11.9 Å². The molecule has 1 fully saturated rings. The predicted octanol–water partition coefficient (Wildman–Crippen LogP) is 1.63. The van der Waals surface area contributed by atoms with E-state index in [9.17, 15) is 4.79 Å². The maximum atomic E-state index is 12.3. The highest BCUT2D eigenvalue weighted by Crippen LogP contribution is 2.21. The number of aliphatic imine (C=N–C) groups is 1. The van der Waals surface area contributed by atoms with Gasteiger partial charge in [-0.25, -0.2) is 0 Å². The molecule has 1 aliphatic carbocycles. The number of amides is 1. The normalized spacial score (nSPS) is 15.8. The molecule has 0 spiro atoms. The topological polar surface area (TPSA) is 51.2 Å². The molecule has 1 amide bonds. The van der Waals surface area contributed by atoms with Crippen LogP contribution in [-0.2, 0) is 4.79 Å². The van der Waals surface area contributed by atoms with Gasteiger partial charge < -0.3 is 20.0 Å².